The average molecular weight is 484 g/mol. The average Bonchev–Trinajstić information content (AvgIpc) is 3.14. The molecule has 1 aliphatic carbocycles. The topological polar surface area (TPSA) is 78.8 Å². The smallest absolute Gasteiger partial charge is 0.303 e. The van der Waals surface area contributed by atoms with Crippen LogP contribution in [-0.4, -0.2) is 41.0 Å². The molecule has 8 heteroatoms. The second kappa shape index (κ2) is 11.8. The molecule has 5 nitrogen and oxygen atoms in total. The number of hydrogen-bond donors (Lipinski definition) is 3. The minimum atomic E-state index is -1.17. The number of nitrogens with one attached hydrogen (secondary N) is 1. The summed E-state index contributed by atoms with van der Waals surface area (Å²) in [5, 5.41) is 22.3. The van der Waals surface area contributed by atoms with Crippen molar-refractivity contribution in [1.82, 2.24) is 5.32 Å². The molecule has 1 aliphatic rings. The van der Waals surface area contributed by atoms with Crippen LogP contribution in [0.2, 0.25) is 0 Å². The number of carboxylic acids is 1. The Kier molecular flexibility index (Phi) is 9.64. The first-order valence-corrected chi connectivity index (χ1v) is 11.0. The first kappa shape index (κ1) is 27.0. The van der Waals surface area contributed by atoms with E-state index >= 15 is 0 Å². The van der Waals surface area contributed by atoms with Crippen molar-refractivity contribution in [2.24, 2.45) is 5.92 Å². The van der Waals surface area contributed by atoms with Gasteiger partial charge in [0.2, 0.25) is 5.82 Å². The second-order valence-corrected chi connectivity index (χ2v) is 9.22. The summed E-state index contributed by atoms with van der Waals surface area (Å²) in [6, 6.07) is 11.1. The van der Waals surface area contributed by atoms with Crippen LogP contribution in [0.5, 0.6) is 5.75 Å². The van der Waals surface area contributed by atoms with Gasteiger partial charge in [0, 0.05) is 18.5 Å². The molecule has 0 amide bonds. The minimum absolute atomic E-state index is 0. The highest BCUT2D eigenvalue weighted by Crippen LogP contribution is 2.32. The van der Waals surface area contributed by atoms with Crippen molar-refractivity contribution in [3.63, 3.8) is 0 Å². The molecule has 0 aromatic heterocycles. The summed E-state index contributed by atoms with van der Waals surface area (Å²) >= 11 is 0. The fraction of sp³-hybridized carbons (Fsp3) is 0.480. The van der Waals surface area contributed by atoms with Gasteiger partial charge in [-0.25, -0.2) is 4.39 Å². The van der Waals surface area contributed by atoms with E-state index < -0.39 is 23.7 Å². The Hall–Kier alpha value is -2.22. The molecule has 0 radical (unpaired) electrons. The van der Waals surface area contributed by atoms with Gasteiger partial charge in [0.1, 0.15) is 12.7 Å². The number of aliphatic hydroxyl groups is 1. The van der Waals surface area contributed by atoms with Crippen molar-refractivity contribution in [1.29, 1.82) is 0 Å². The molecule has 33 heavy (non-hydrogen) atoms. The highest BCUT2D eigenvalue weighted by molar-refractivity contribution is 5.85. The van der Waals surface area contributed by atoms with Gasteiger partial charge in [-0.2, -0.15) is 4.39 Å². The van der Waals surface area contributed by atoms with Crippen molar-refractivity contribution >= 4 is 18.4 Å². The number of fused-ring (bicyclic) bond motifs is 1. The van der Waals surface area contributed by atoms with E-state index in [1.165, 1.54) is 23.3 Å². The van der Waals surface area contributed by atoms with Crippen LogP contribution in [0.1, 0.15) is 43.4 Å². The lowest BCUT2D eigenvalue weighted by atomic mass is 9.88. The molecule has 0 saturated heterocycles. The summed E-state index contributed by atoms with van der Waals surface area (Å²) in [5.41, 5.74) is 2.60. The van der Waals surface area contributed by atoms with Crippen LogP contribution < -0.4 is 10.1 Å². The Morgan fingerprint density at radius 2 is 1.79 bits per heavy atom. The molecule has 2 aromatic rings. The zero-order chi connectivity index (χ0) is 23.3. The summed E-state index contributed by atoms with van der Waals surface area (Å²) < 4.78 is 33.6. The summed E-state index contributed by atoms with van der Waals surface area (Å²) in [7, 11) is 0. The number of ether oxygens (including phenoxy) is 1. The molecule has 0 heterocycles. The number of hydrogen-bond acceptors (Lipinski definition) is 4. The van der Waals surface area contributed by atoms with Crippen molar-refractivity contribution in [3.05, 3.63) is 64.7 Å². The summed E-state index contributed by atoms with van der Waals surface area (Å²) in [5.74, 6) is -3.13. The van der Waals surface area contributed by atoms with Crippen LogP contribution in [0.3, 0.4) is 0 Å². The lowest BCUT2D eigenvalue weighted by Crippen LogP contribution is -2.46. The largest absolute Gasteiger partial charge is 0.488 e. The first-order valence-electron chi connectivity index (χ1n) is 11.0. The quantitative estimate of drug-likeness (QED) is 0.443. The van der Waals surface area contributed by atoms with E-state index in [0.717, 1.165) is 19.3 Å². The molecule has 0 saturated carbocycles. The molecule has 0 spiro atoms. The molecule has 182 valence electrons. The number of aliphatic carboxylic acids is 1. The molecule has 2 aromatic carbocycles. The normalized spacial score (nSPS) is 14.5. The maximum absolute atomic E-state index is 14.2. The Morgan fingerprint density at radius 3 is 2.39 bits per heavy atom. The number of β-amino-alcohol motifs (C(OH)–C–C–N with tert-alkyl or cyclic N) is 1. The fourth-order valence-electron chi connectivity index (χ4n) is 4.35. The Balaban J connectivity index is 0.00000385. The SMILES string of the molecule is CC(C)(CC1Cc2ccccc2C1)NC[C@H](O)COc1ccc(CCC(=O)O)c(F)c1F.Cl. The third kappa shape index (κ3) is 7.66. The Labute approximate surface area is 199 Å². The van der Waals surface area contributed by atoms with E-state index in [0.29, 0.717) is 5.92 Å². The molecule has 3 rings (SSSR count). The van der Waals surface area contributed by atoms with Gasteiger partial charge in [0.25, 0.3) is 0 Å². The predicted octanol–water partition coefficient (Wildman–Crippen LogP) is 4.32. The third-order valence-corrected chi connectivity index (χ3v) is 5.92. The standard InChI is InChI=1S/C25H31F2NO4.ClH/c1-25(2,13-16-11-18-5-3-4-6-19(18)12-16)28-14-20(29)15-32-21-9-7-17(8-10-22(30)31)23(26)24(21)27;/h3-7,9,16,20,28-29H,8,10-15H2,1-2H3,(H,30,31);1H/t20-;/m0./s1. The number of carboxylic acid groups (broad SMARTS) is 1. The lowest BCUT2D eigenvalue weighted by molar-refractivity contribution is -0.136. The molecular formula is C25H32ClF2NO4. The predicted molar refractivity (Wildman–Crippen MR) is 125 cm³/mol. The Morgan fingerprint density at radius 1 is 1.15 bits per heavy atom. The summed E-state index contributed by atoms with van der Waals surface area (Å²) in [6.07, 6.45) is 1.77. The van der Waals surface area contributed by atoms with Gasteiger partial charge in [-0.3, -0.25) is 4.79 Å². The zero-order valence-corrected chi connectivity index (χ0v) is 19.8. The van der Waals surface area contributed by atoms with E-state index in [1.807, 2.05) is 0 Å². The number of rotatable bonds is 11. The highest BCUT2D eigenvalue weighted by atomic mass is 35.5. The summed E-state index contributed by atoms with van der Waals surface area (Å²) in [6.45, 7) is 4.25. The maximum Gasteiger partial charge on any atom is 0.303 e. The second-order valence-electron chi connectivity index (χ2n) is 9.22. The number of halogens is 3. The lowest BCUT2D eigenvalue weighted by Gasteiger charge is -2.30. The van der Waals surface area contributed by atoms with Gasteiger partial charge in [0.05, 0.1) is 0 Å². The highest BCUT2D eigenvalue weighted by Gasteiger charge is 2.28. The van der Waals surface area contributed by atoms with E-state index in [4.69, 9.17) is 9.84 Å². The summed E-state index contributed by atoms with van der Waals surface area (Å²) in [4.78, 5) is 10.6. The van der Waals surface area contributed by atoms with Crippen molar-refractivity contribution in [3.8, 4) is 5.75 Å². The van der Waals surface area contributed by atoms with Gasteiger partial charge >= 0.3 is 5.97 Å². The van der Waals surface area contributed by atoms with E-state index in [1.54, 1.807) is 0 Å². The van der Waals surface area contributed by atoms with Crippen LogP contribution in [0, 0.1) is 17.6 Å². The number of aryl methyl sites for hydroxylation is 1. The molecular weight excluding hydrogens is 452 g/mol. The fourth-order valence-corrected chi connectivity index (χ4v) is 4.35. The van der Waals surface area contributed by atoms with Crippen molar-refractivity contribution < 1.29 is 28.5 Å². The van der Waals surface area contributed by atoms with Gasteiger partial charge in [-0.05, 0) is 68.2 Å². The van der Waals surface area contributed by atoms with Crippen LogP contribution in [0.25, 0.3) is 0 Å². The van der Waals surface area contributed by atoms with E-state index in [9.17, 15) is 18.7 Å². The maximum atomic E-state index is 14.2. The zero-order valence-electron chi connectivity index (χ0n) is 18.9. The van der Waals surface area contributed by atoms with Gasteiger partial charge < -0.3 is 20.3 Å². The van der Waals surface area contributed by atoms with Gasteiger partial charge in [0.15, 0.2) is 11.6 Å². The van der Waals surface area contributed by atoms with E-state index in [2.05, 4.69) is 43.4 Å². The number of benzene rings is 2. The van der Waals surface area contributed by atoms with E-state index in [-0.39, 0.29) is 55.3 Å². The molecule has 0 unspecified atom stereocenters. The molecule has 0 fully saturated rings. The number of carbonyl (C=O) groups is 1. The van der Waals surface area contributed by atoms with Crippen LogP contribution in [0.4, 0.5) is 8.78 Å². The molecule has 0 bridgehead atoms. The Bertz CT molecular complexity index is 929. The monoisotopic (exact) mass is 483 g/mol. The third-order valence-electron chi connectivity index (χ3n) is 5.92. The van der Waals surface area contributed by atoms with Crippen LogP contribution >= 0.6 is 12.4 Å². The minimum Gasteiger partial charge on any atom is -0.488 e. The molecule has 0 aliphatic heterocycles. The van der Waals surface area contributed by atoms with Crippen LogP contribution in [0.15, 0.2) is 36.4 Å². The van der Waals surface area contributed by atoms with Gasteiger partial charge in [-0.1, -0.05) is 30.3 Å². The van der Waals surface area contributed by atoms with Crippen molar-refractivity contribution in [2.45, 2.75) is 57.6 Å². The van der Waals surface area contributed by atoms with Crippen molar-refractivity contribution in [2.75, 3.05) is 13.2 Å². The van der Waals surface area contributed by atoms with Crippen LogP contribution in [-0.2, 0) is 24.1 Å². The van der Waals surface area contributed by atoms with Gasteiger partial charge in [-0.15, -0.1) is 12.4 Å². The molecule has 1 atom stereocenters. The molecule has 3 N–H and O–H groups in total. The first-order chi connectivity index (χ1) is 15.1. The number of aliphatic hydroxyl groups excluding tert-OH is 1.